The molecule has 0 radical (unpaired) electrons. The summed E-state index contributed by atoms with van der Waals surface area (Å²) in [6.07, 6.45) is 0. The van der Waals surface area contributed by atoms with Crippen molar-refractivity contribution in [3.63, 3.8) is 0 Å². The number of halogens is 1. The van der Waals surface area contributed by atoms with Crippen LogP contribution < -0.4 is 5.32 Å². The lowest BCUT2D eigenvalue weighted by atomic mass is 9.99. The van der Waals surface area contributed by atoms with E-state index in [0.29, 0.717) is 13.1 Å². The van der Waals surface area contributed by atoms with Gasteiger partial charge in [0.15, 0.2) is 0 Å². The standard InChI is InChI=1S/C19H21ClN2O2/c1-13-7-14(5-6-18(13)20)9-21-17-4-2-3-15(8-17)10-22-11-16(12-22)19(23)24/h2-8,16,21H,9-12H2,1H3,(H,23,24). The molecule has 0 aliphatic carbocycles. The molecule has 0 atom stereocenters. The molecule has 2 aromatic rings. The van der Waals surface area contributed by atoms with E-state index in [4.69, 9.17) is 16.7 Å². The molecule has 24 heavy (non-hydrogen) atoms. The van der Waals surface area contributed by atoms with Crippen molar-refractivity contribution in [3.05, 3.63) is 64.2 Å². The lowest BCUT2D eigenvalue weighted by molar-refractivity contribution is -0.147. The zero-order chi connectivity index (χ0) is 17.1. The molecule has 0 saturated carbocycles. The lowest BCUT2D eigenvalue weighted by Crippen LogP contribution is -2.49. The van der Waals surface area contributed by atoms with Gasteiger partial charge in [0, 0.05) is 36.9 Å². The Balaban J connectivity index is 1.55. The molecule has 2 aromatic carbocycles. The minimum atomic E-state index is -0.695. The number of likely N-dealkylation sites (tertiary alicyclic amines) is 1. The van der Waals surface area contributed by atoms with Gasteiger partial charge in [0.05, 0.1) is 5.92 Å². The van der Waals surface area contributed by atoms with E-state index in [9.17, 15) is 4.79 Å². The van der Waals surface area contributed by atoms with Crippen LogP contribution >= 0.6 is 11.6 Å². The third kappa shape index (κ3) is 4.08. The minimum Gasteiger partial charge on any atom is -0.481 e. The van der Waals surface area contributed by atoms with Gasteiger partial charge in [0.2, 0.25) is 0 Å². The molecule has 0 amide bonds. The zero-order valence-corrected chi connectivity index (χ0v) is 14.4. The average Bonchev–Trinajstić information content (AvgIpc) is 2.52. The van der Waals surface area contributed by atoms with Crippen LogP contribution in [0, 0.1) is 12.8 Å². The third-order valence-electron chi connectivity index (χ3n) is 4.36. The summed E-state index contributed by atoms with van der Waals surface area (Å²) in [5.74, 6) is -0.903. The average molecular weight is 345 g/mol. The summed E-state index contributed by atoms with van der Waals surface area (Å²) in [6.45, 7) is 4.81. The van der Waals surface area contributed by atoms with E-state index in [0.717, 1.165) is 29.4 Å². The fourth-order valence-electron chi connectivity index (χ4n) is 2.91. The highest BCUT2D eigenvalue weighted by Gasteiger charge is 2.32. The minimum absolute atomic E-state index is 0.209. The fourth-order valence-corrected chi connectivity index (χ4v) is 3.03. The van der Waals surface area contributed by atoms with Crippen LogP contribution in [-0.4, -0.2) is 29.1 Å². The van der Waals surface area contributed by atoms with Crippen LogP contribution in [0.3, 0.4) is 0 Å². The number of aryl methyl sites for hydroxylation is 1. The second-order valence-electron chi connectivity index (χ2n) is 6.37. The van der Waals surface area contributed by atoms with Crippen LogP contribution in [0.15, 0.2) is 42.5 Å². The van der Waals surface area contributed by atoms with Gasteiger partial charge in [-0.3, -0.25) is 9.69 Å². The van der Waals surface area contributed by atoms with Gasteiger partial charge in [-0.15, -0.1) is 0 Å². The number of hydrogen-bond donors (Lipinski definition) is 2. The van der Waals surface area contributed by atoms with Gasteiger partial charge in [-0.05, 0) is 41.8 Å². The molecule has 3 rings (SSSR count). The molecule has 0 spiro atoms. The van der Waals surface area contributed by atoms with E-state index in [2.05, 4.69) is 28.4 Å². The Morgan fingerprint density at radius 3 is 2.75 bits per heavy atom. The number of aliphatic carboxylic acids is 1. The third-order valence-corrected chi connectivity index (χ3v) is 4.78. The predicted molar refractivity (Wildman–Crippen MR) is 96.4 cm³/mol. The fraction of sp³-hybridized carbons (Fsp3) is 0.316. The quantitative estimate of drug-likeness (QED) is 0.837. The van der Waals surface area contributed by atoms with E-state index >= 15 is 0 Å². The van der Waals surface area contributed by atoms with Crippen molar-refractivity contribution in [2.24, 2.45) is 5.92 Å². The van der Waals surface area contributed by atoms with Gasteiger partial charge < -0.3 is 10.4 Å². The van der Waals surface area contributed by atoms with E-state index in [-0.39, 0.29) is 5.92 Å². The first-order valence-electron chi connectivity index (χ1n) is 8.04. The SMILES string of the molecule is Cc1cc(CNc2cccc(CN3CC(C(=O)O)C3)c2)ccc1Cl. The number of carbonyl (C=O) groups is 1. The maximum atomic E-state index is 10.9. The van der Waals surface area contributed by atoms with Crippen LogP contribution in [0.5, 0.6) is 0 Å². The maximum absolute atomic E-state index is 10.9. The smallest absolute Gasteiger partial charge is 0.309 e. The Morgan fingerprint density at radius 1 is 1.25 bits per heavy atom. The summed E-state index contributed by atoms with van der Waals surface area (Å²) in [6, 6.07) is 14.3. The second kappa shape index (κ2) is 7.24. The molecule has 1 aliphatic rings. The molecule has 1 saturated heterocycles. The number of hydrogen-bond acceptors (Lipinski definition) is 3. The van der Waals surface area contributed by atoms with Crippen molar-refractivity contribution in [1.29, 1.82) is 0 Å². The van der Waals surface area contributed by atoms with Gasteiger partial charge in [0.25, 0.3) is 0 Å². The van der Waals surface area contributed by atoms with Crippen molar-refractivity contribution in [3.8, 4) is 0 Å². The first-order chi connectivity index (χ1) is 11.5. The van der Waals surface area contributed by atoms with Crippen molar-refractivity contribution in [1.82, 2.24) is 4.90 Å². The number of nitrogens with zero attached hydrogens (tertiary/aromatic N) is 1. The number of benzene rings is 2. The molecule has 4 nitrogen and oxygen atoms in total. The predicted octanol–water partition coefficient (Wildman–Crippen LogP) is 3.78. The number of anilines is 1. The van der Waals surface area contributed by atoms with Gasteiger partial charge in [0.1, 0.15) is 0 Å². The Labute approximate surface area is 147 Å². The molecule has 126 valence electrons. The summed E-state index contributed by atoms with van der Waals surface area (Å²) in [5.41, 5.74) is 4.52. The lowest BCUT2D eigenvalue weighted by Gasteiger charge is -2.36. The van der Waals surface area contributed by atoms with Crippen LogP contribution in [0.2, 0.25) is 5.02 Å². The molecule has 1 fully saturated rings. The van der Waals surface area contributed by atoms with Crippen molar-refractivity contribution in [2.75, 3.05) is 18.4 Å². The highest BCUT2D eigenvalue weighted by Crippen LogP contribution is 2.21. The summed E-state index contributed by atoms with van der Waals surface area (Å²) >= 11 is 6.05. The number of nitrogens with one attached hydrogen (secondary N) is 1. The first kappa shape index (κ1) is 16.8. The van der Waals surface area contributed by atoms with E-state index < -0.39 is 5.97 Å². The van der Waals surface area contributed by atoms with E-state index in [1.54, 1.807) is 0 Å². The molecule has 1 aliphatic heterocycles. The number of carboxylic acids is 1. The maximum Gasteiger partial charge on any atom is 0.309 e. The monoisotopic (exact) mass is 344 g/mol. The molecular formula is C19H21ClN2O2. The molecule has 5 heteroatoms. The van der Waals surface area contributed by atoms with Crippen molar-refractivity contribution < 1.29 is 9.90 Å². The van der Waals surface area contributed by atoms with Gasteiger partial charge >= 0.3 is 5.97 Å². The molecule has 0 bridgehead atoms. The van der Waals surface area contributed by atoms with Crippen LogP contribution in [0.25, 0.3) is 0 Å². The Hall–Kier alpha value is -2.04. The zero-order valence-electron chi connectivity index (χ0n) is 13.6. The van der Waals surface area contributed by atoms with E-state index in [1.165, 1.54) is 11.1 Å². The Kier molecular flexibility index (Phi) is 5.07. The van der Waals surface area contributed by atoms with Crippen LogP contribution in [0.4, 0.5) is 5.69 Å². The largest absolute Gasteiger partial charge is 0.481 e. The summed E-state index contributed by atoms with van der Waals surface area (Å²) in [7, 11) is 0. The number of rotatable bonds is 6. The van der Waals surface area contributed by atoms with Crippen LogP contribution in [0.1, 0.15) is 16.7 Å². The highest BCUT2D eigenvalue weighted by molar-refractivity contribution is 6.31. The van der Waals surface area contributed by atoms with Crippen molar-refractivity contribution in [2.45, 2.75) is 20.0 Å². The summed E-state index contributed by atoms with van der Waals surface area (Å²) in [5, 5.41) is 13.1. The van der Waals surface area contributed by atoms with Gasteiger partial charge in [-0.1, -0.05) is 35.9 Å². The summed E-state index contributed by atoms with van der Waals surface area (Å²) < 4.78 is 0. The second-order valence-corrected chi connectivity index (χ2v) is 6.77. The molecule has 0 aromatic heterocycles. The molecular weight excluding hydrogens is 324 g/mol. The Morgan fingerprint density at radius 2 is 2.04 bits per heavy atom. The Bertz CT molecular complexity index is 742. The normalized spacial score (nSPS) is 15.1. The molecule has 0 unspecified atom stereocenters. The summed E-state index contributed by atoms with van der Waals surface area (Å²) in [4.78, 5) is 13.0. The van der Waals surface area contributed by atoms with E-state index in [1.807, 2.05) is 31.2 Å². The first-order valence-corrected chi connectivity index (χ1v) is 8.42. The highest BCUT2D eigenvalue weighted by atomic mass is 35.5. The number of carboxylic acid groups (broad SMARTS) is 1. The molecule has 1 heterocycles. The topological polar surface area (TPSA) is 52.6 Å². The van der Waals surface area contributed by atoms with Crippen molar-refractivity contribution >= 4 is 23.3 Å². The molecule has 2 N–H and O–H groups in total. The van der Waals surface area contributed by atoms with Crippen LogP contribution in [-0.2, 0) is 17.9 Å². The van der Waals surface area contributed by atoms with Gasteiger partial charge in [-0.2, -0.15) is 0 Å². The van der Waals surface area contributed by atoms with Gasteiger partial charge in [-0.25, -0.2) is 0 Å².